The predicted molar refractivity (Wildman–Crippen MR) is 102 cm³/mol. The molecule has 0 atom stereocenters. The van der Waals surface area contributed by atoms with Gasteiger partial charge in [-0.25, -0.2) is 8.78 Å². The zero-order chi connectivity index (χ0) is 20.0. The minimum Gasteiger partial charge on any atom is -0.454 e. The summed E-state index contributed by atoms with van der Waals surface area (Å²) in [5.41, 5.74) is 1.80. The van der Waals surface area contributed by atoms with Crippen molar-refractivity contribution in [2.75, 3.05) is 12.1 Å². The van der Waals surface area contributed by atoms with Crippen LogP contribution < -0.4 is 14.8 Å². The lowest BCUT2D eigenvalue weighted by molar-refractivity contribution is 0.102. The predicted octanol–water partition coefficient (Wildman–Crippen LogP) is 4.49. The molecule has 6 nitrogen and oxygen atoms in total. The molecule has 1 amide bonds. The highest BCUT2D eigenvalue weighted by atomic mass is 19.2. The summed E-state index contributed by atoms with van der Waals surface area (Å²) in [5, 5.41) is 10.1. The Bertz CT molecular complexity index is 1270. The maximum absolute atomic E-state index is 14.2. The summed E-state index contributed by atoms with van der Waals surface area (Å²) in [6, 6.07) is 13.9. The third-order valence-corrected chi connectivity index (χ3v) is 4.67. The average molecular weight is 393 g/mol. The molecule has 2 heterocycles. The largest absolute Gasteiger partial charge is 0.454 e. The Kier molecular flexibility index (Phi) is 3.90. The summed E-state index contributed by atoms with van der Waals surface area (Å²) in [5.74, 6) is -1.18. The number of H-pyrrole nitrogens is 1. The van der Waals surface area contributed by atoms with Crippen LogP contribution in [0, 0.1) is 11.6 Å². The Morgan fingerprint density at radius 1 is 1.03 bits per heavy atom. The van der Waals surface area contributed by atoms with Crippen LogP contribution in [0.1, 0.15) is 10.5 Å². The first-order chi connectivity index (χ1) is 14.1. The second-order valence-electron chi connectivity index (χ2n) is 6.46. The van der Waals surface area contributed by atoms with Gasteiger partial charge in [0.25, 0.3) is 5.91 Å². The lowest BCUT2D eigenvalue weighted by Gasteiger charge is -2.06. The molecule has 0 unspecified atom stereocenters. The minimum absolute atomic E-state index is 0.107. The quantitative estimate of drug-likeness (QED) is 0.538. The first-order valence-electron chi connectivity index (χ1n) is 8.73. The third-order valence-electron chi connectivity index (χ3n) is 4.67. The fraction of sp³-hybridized carbons (Fsp3) is 0.0476. The van der Waals surface area contributed by atoms with Crippen molar-refractivity contribution in [3.8, 4) is 22.6 Å². The molecule has 1 aliphatic heterocycles. The Balaban J connectivity index is 1.50. The molecule has 8 heteroatoms. The molecule has 1 aliphatic rings. The number of carbonyl (C=O) groups is 1. The van der Waals surface area contributed by atoms with Crippen LogP contribution in [0.2, 0.25) is 0 Å². The first kappa shape index (κ1) is 17.2. The van der Waals surface area contributed by atoms with E-state index in [9.17, 15) is 13.6 Å². The number of rotatable bonds is 3. The minimum atomic E-state index is -0.943. The van der Waals surface area contributed by atoms with Crippen LogP contribution in [0.4, 0.5) is 14.5 Å². The number of benzene rings is 3. The number of hydrogen-bond donors (Lipinski definition) is 2. The number of nitrogens with one attached hydrogen (secondary N) is 2. The molecule has 3 aromatic carbocycles. The van der Waals surface area contributed by atoms with E-state index in [0.717, 1.165) is 6.07 Å². The van der Waals surface area contributed by atoms with Crippen molar-refractivity contribution in [3.05, 3.63) is 71.9 Å². The highest BCUT2D eigenvalue weighted by Crippen LogP contribution is 2.34. The van der Waals surface area contributed by atoms with Crippen LogP contribution in [-0.4, -0.2) is 22.9 Å². The number of ether oxygens (including phenoxy) is 2. The molecule has 0 fully saturated rings. The molecular weight excluding hydrogens is 380 g/mol. The molecule has 0 saturated heterocycles. The van der Waals surface area contributed by atoms with Crippen LogP contribution in [0.25, 0.3) is 22.0 Å². The molecule has 0 aliphatic carbocycles. The monoisotopic (exact) mass is 393 g/mol. The molecule has 0 spiro atoms. The maximum atomic E-state index is 14.2. The van der Waals surface area contributed by atoms with E-state index in [4.69, 9.17) is 9.47 Å². The summed E-state index contributed by atoms with van der Waals surface area (Å²) in [6.45, 7) is 0.135. The van der Waals surface area contributed by atoms with Crippen molar-refractivity contribution < 1.29 is 23.0 Å². The third kappa shape index (κ3) is 2.94. The smallest absolute Gasteiger partial charge is 0.276 e. The van der Waals surface area contributed by atoms with Crippen LogP contribution in [-0.2, 0) is 0 Å². The van der Waals surface area contributed by atoms with Gasteiger partial charge in [-0.15, -0.1) is 0 Å². The number of aromatic nitrogens is 2. The highest BCUT2D eigenvalue weighted by molar-refractivity contribution is 6.11. The Hall–Kier alpha value is -3.94. The molecule has 2 N–H and O–H groups in total. The average Bonchev–Trinajstić information content (AvgIpc) is 3.36. The molecule has 1 aromatic heterocycles. The van der Waals surface area contributed by atoms with Gasteiger partial charge in [0.2, 0.25) is 6.79 Å². The van der Waals surface area contributed by atoms with Gasteiger partial charge in [0.15, 0.2) is 28.8 Å². The summed E-state index contributed by atoms with van der Waals surface area (Å²) in [6.07, 6.45) is 0. The number of carbonyl (C=O) groups excluding carboxylic acids is 1. The van der Waals surface area contributed by atoms with E-state index < -0.39 is 17.5 Å². The first-order valence-corrected chi connectivity index (χ1v) is 8.73. The van der Waals surface area contributed by atoms with Crippen molar-refractivity contribution in [1.29, 1.82) is 0 Å². The van der Waals surface area contributed by atoms with E-state index in [-0.39, 0.29) is 18.1 Å². The molecule has 0 radical (unpaired) electrons. The summed E-state index contributed by atoms with van der Waals surface area (Å²) in [7, 11) is 0. The zero-order valence-electron chi connectivity index (χ0n) is 14.8. The zero-order valence-corrected chi connectivity index (χ0v) is 14.8. The molecule has 4 aromatic rings. The van der Waals surface area contributed by atoms with Crippen molar-refractivity contribution in [3.63, 3.8) is 0 Å². The fourth-order valence-corrected chi connectivity index (χ4v) is 3.25. The van der Waals surface area contributed by atoms with E-state index in [1.54, 1.807) is 36.4 Å². The van der Waals surface area contributed by atoms with E-state index in [1.807, 2.05) is 0 Å². The Morgan fingerprint density at radius 2 is 1.90 bits per heavy atom. The lowest BCUT2D eigenvalue weighted by Crippen LogP contribution is -2.12. The van der Waals surface area contributed by atoms with Crippen LogP contribution in [0.5, 0.6) is 11.5 Å². The number of aromatic amines is 1. The molecule has 0 saturated carbocycles. The summed E-state index contributed by atoms with van der Waals surface area (Å²) < 4.78 is 38.3. The standard InChI is InChI=1S/C21H13F2N3O3/c22-15-3-1-2-13(19(15)23)11-4-6-16-14(8-11)20(26-25-16)21(27)24-12-5-7-17-18(9-12)29-10-28-17/h1-9H,10H2,(H,24,27)(H,25,26). The Labute approximate surface area is 163 Å². The maximum Gasteiger partial charge on any atom is 0.276 e. The van der Waals surface area contributed by atoms with Gasteiger partial charge in [-0.2, -0.15) is 5.10 Å². The molecule has 0 bridgehead atoms. The number of fused-ring (bicyclic) bond motifs is 2. The van der Waals surface area contributed by atoms with E-state index in [1.165, 1.54) is 12.1 Å². The van der Waals surface area contributed by atoms with Crippen molar-refractivity contribution in [2.45, 2.75) is 0 Å². The summed E-state index contributed by atoms with van der Waals surface area (Å²) >= 11 is 0. The van der Waals surface area contributed by atoms with Crippen LogP contribution in [0.3, 0.4) is 0 Å². The molecular formula is C21H13F2N3O3. The van der Waals surface area contributed by atoms with Crippen molar-refractivity contribution in [2.24, 2.45) is 0 Å². The number of nitrogens with zero attached hydrogens (tertiary/aromatic N) is 1. The molecule has 144 valence electrons. The molecule has 5 rings (SSSR count). The van der Waals surface area contributed by atoms with Gasteiger partial charge in [0.1, 0.15) is 0 Å². The van der Waals surface area contributed by atoms with Gasteiger partial charge in [0, 0.05) is 22.7 Å². The van der Waals surface area contributed by atoms with E-state index in [0.29, 0.717) is 33.7 Å². The normalized spacial score (nSPS) is 12.3. The van der Waals surface area contributed by atoms with Gasteiger partial charge in [-0.05, 0) is 35.9 Å². The topological polar surface area (TPSA) is 76.2 Å². The number of amides is 1. The van der Waals surface area contributed by atoms with Crippen LogP contribution >= 0.6 is 0 Å². The van der Waals surface area contributed by atoms with E-state index >= 15 is 0 Å². The van der Waals surface area contributed by atoms with Crippen molar-refractivity contribution in [1.82, 2.24) is 10.2 Å². The molecule has 29 heavy (non-hydrogen) atoms. The number of hydrogen-bond acceptors (Lipinski definition) is 4. The lowest BCUT2D eigenvalue weighted by atomic mass is 10.0. The van der Waals surface area contributed by atoms with Gasteiger partial charge in [0.05, 0.1) is 5.52 Å². The fourth-order valence-electron chi connectivity index (χ4n) is 3.25. The van der Waals surface area contributed by atoms with Gasteiger partial charge < -0.3 is 14.8 Å². The highest BCUT2D eigenvalue weighted by Gasteiger charge is 2.19. The van der Waals surface area contributed by atoms with Gasteiger partial charge in [-0.3, -0.25) is 9.89 Å². The Morgan fingerprint density at radius 3 is 2.79 bits per heavy atom. The van der Waals surface area contributed by atoms with Gasteiger partial charge in [-0.1, -0.05) is 18.2 Å². The number of halogens is 2. The second-order valence-corrected chi connectivity index (χ2v) is 6.46. The SMILES string of the molecule is O=C(Nc1ccc2c(c1)OCO2)c1n[nH]c2ccc(-c3cccc(F)c3F)cc12. The van der Waals surface area contributed by atoms with E-state index in [2.05, 4.69) is 15.5 Å². The van der Waals surface area contributed by atoms with Gasteiger partial charge >= 0.3 is 0 Å². The summed E-state index contributed by atoms with van der Waals surface area (Å²) in [4.78, 5) is 12.8. The van der Waals surface area contributed by atoms with Crippen molar-refractivity contribution >= 4 is 22.5 Å². The van der Waals surface area contributed by atoms with Crippen LogP contribution in [0.15, 0.2) is 54.6 Å². The second kappa shape index (κ2) is 6.59. The number of anilines is 1.